The van der Waals surface area contributed by atoms with Crippen LogP contribution in [0.2, 0.25) is 0 Å². The van der Waals surface area contributed by atoms with E-state index in [0.29, 0.717) is 32.7 Å². The number of carbonyl (C=O) groups excluding carboxylic acids is 2. The van der Waals surface area contributed by atoms with E-state index in [1.54, 1.807) is 16.8 Å². The van der Waals surface area contributed by atoms with Crippen molar-refractivity contribution in [2.75, 3.05) is 46.4 Å². The molecule has 6 heteroatoms. The third-order valence-corrected chi connectivity index (χ3v) is 3.22. The molecule has 1 unspecified atom stereocenters. The second kappa shape index (κ2) is 5.46. The van der Waals surface area contributed by atoms with Crippen LogP contribution >= 0.6 is 0 Å². The smallest absolute Gasteiger partial charge is 0.241 e. The van der Waals surface area contributed by atoms with Crippen molar-refractivity contribution >= 4 is 11.8 Å². The van der Waals surface area contributed by atoms with Crippen LogP contribution in [-0.2, 0) is 14.3 Å². The summed E-state index contributed by atoms with van der Waals surface area (Å²) in [5, 5.41) is 3.19. The molecule has 0 aromatic rings. The summed E-state index contributed by atoms with van der Waals surface area (Å²) in [6, 6.07) is 0. The average Bonchev–Trinajstić information content (AvgIpc) is 2.34. The van der Waals surface area contributed by atoms with Gasteiger partial charge in [0.15, 0.2) is 0 Å². The van der Waals surface area contributed by atoms with Crippen molar-refractivity contribution in [1.29, 1.82) is 0 Å². The Morgan fingerprint density at radius 2 is 2.35 bits per heavy atom. The van der Waals surface area contributed by atoms with Gasteiger partial charge >= 0.3 is 0 Å². The van der Waals surface area contributed by atoms with Gasteiger partial charge in [0.1, 0.15) is 0 Å². The van der Waals surface area contributed by atoms with Gasteiger partial charge in [0.05, 0.1) is 25.7 Å². The lowest BCUT2D eigenvalue weighted by molar-refractivity contribution is -0.146. The van der Waals surface area contributed by atoms with Crippen LogP contribution in [0.25, 0.3) is 0 Å². The van der Waals surface area contributed by atoms with Gasteiger partial charge < -0.3 is 19.9 Å². The lowest BCUT2D eigenvalue weighted by atomic mass is 10.2. The summed E-state index contributed by atoms with van der Waals surface area (Å²) in [6.45, 7) is 3.66. The molecule has 2 aliphatic heterocycles. The highest BCUT2D eigenvalue weighted by molar-refractivity contribution is 5.86. The van der Waals surface area contributed by atoms with E-state index >= 15 is 0 Å². The predicted octanol–water partition coefficient (Wildman–Crippen LogP) is -1.33. The first kappa shape index (κ1) is 12.3. The number of amides is 2. The van der Waals surface area contributed by atoms with Gasteiger partial charge in [-0.2, -0.15) is 0 Å². The number of morpholine rings is 1. The molecule has 2 rings (SSSR count). The number of rotatable bonds is 2. The quantitative estimate of drug-likeness (QED) is 0.650. The maximum Gasteiger partial charge on any atom is 0.241 e. The molecule has 17 heavy (non-hydrogen) atoms. The molecule has 2 fully saturated rings. The second-order valence-corrected chi connectivity index (χ2v) is 4.53. The molecule has 0 radical (unpaired) electrons. The van der Waals surface area contributed by atoms with E-state index < -0.39 is 0 Å². The molecule has 0 spiro atoms. The number of nitrogens with one attached hydrogen (secondary N) is 1. The van der Waals surface area contributed by atoms with Gasteiger partial charge in [-0.3, -0.25) is 9.59 Å². The number of ether oxygens (including phenoxy) is 1. The maximum absolute atomic E-state index is 12.0. The van der Waals surface area contributed by atoms with Crippen molar-refractivity contribution in [1.82, 2.24) is 15.1 Å². The molecular weight excluding hydrogens is 222 g/mol. The van der Waals surface area contributed by atoms with Crippen LogP contribution in [-0.4, -0.2) is 74.1 Å². The SMILES string of the molecule is CN1CCN(C(=O)CC2CNCCO2)CC1=O. The highest BCUT2D eigenvalue weighted by Gasteiger charge is 2.27. The van der Waals surface area contributed by atoms with Gasteiger partial charge in [0.25, 0.3) is 0 Å². The van der Waals surface area contributed by atoms with Gasteiger partial charge in [0.2, 0.25) is 11.8 Å². The molecular formula is C11H19N3O3. The number of hydrogen-bond donors (Lipinski definition) is 1. The van der Waals surface area contributed by atoms with Crippen molar-refractivity contribution in [3.05, 3.63) is 0 Å². The highest BCUT2D eigenvalue weighted by atomic mass is 16.5. The highest BCUT2D eigenvalue weighted by Crippen LogP contribution is 2.08. The van der Waals surface area contributed by atoms with E-state index in [1.165, 1.54) is 0 Å². The Bertz CT molecular complexity index is 302. The predicted molar refractivity (Wildman–Crippen MR) is 61.4 cm³/mol. The Kier molecular flexibility index (Phi) is 3.96. The molecule has 0 aromatic heterocycles. The van der Waals surface area contributed by atoms with Crippen molar-refractivity contribution in [3.8, 4) is 0 Å². The van der Waals surface area contributed by atoms with Crippen LogP contribution in [0.1, 0.15) is 6.42 Å². The lowest BCUT2D eigenvalue weighted by Crippen LogP contribution is -2.52. The molecule has 1 atom stereocenters. The summed E-state index contributed by atoms with van der Waals surface area (Å²) in [5.74, 6) is 0.0208. The first-order valence-electron chi connectivity index (χ1n) is 6.01. The van der Waals surface area contributed by atoms with Crippen LogP contribution < -0.4 is 5.32 Å². The Morgan fingerprint density at radius 1 is 1.53 bits per heavy atom. The third kappa shape index (κ3) is 3.17. The van der Waals surface area contributed by atoms with Crippen molar-refractivity contribution < 1.29 is 14.3 Å². The second-order valence-electron chi connectivity index (χ2n) is 4.53. The van der Waals surface area contributed by atoms with E-state index in [0.717, 1.165) is 6.54 Å². The number of hydrogen-bond acceptors (Lipinski definition) is 4. The number of nitrogens with zero attached hydrogens (tertiary/aromatic N) is 2. The first-order valence-corrected chi connectivity index (χ1v) is 6.01. The van der Waals surface area contributed by atoms with Crippen molar-refractivity contribution in [2.24, 2.45) is 0 Å². The topological polar surface area (TPSA) is 61.9 Å². The van der Waals surface area contributed by atoms with Crippen LogP contribution in [0.5, 0.6) is 0 Å². The molecule has 1 N–H and O–H groups in total. The van der Waals surface area contributed by atoms with E-state index in [1.807, 2.05) is 0 Å². The van der Waals surface area contributed by atoms with E-state index in [9.17, 15) is 9.59 Å². The zero-order valence-corrected chi connectivity index (χ0v) is 10.1. The summed E-state index contributed by atoms with van der Waals surface area (Å²) in [6.07, 6.45) is 0.315. The molecule has 6 nitrogen and oxygen atoms in total. The van der Waals surface area contributed by atoms with Crippen LogP contribution in [0.3, 0.4) is 0 Å². The molecule has 2 saturated heterocycles. The monoisotopic (exact) mass is 241 g/mol. The van der Waals surface area contributed by atoms with Gasteiger partial charge in [0, 0.05) is 33.2 Å². The zero-order valence-electron chi connectivity index (χ0n) is 10.1. The van der Waals surface area contributed by atoms with Crippen LogP contribution in [0.15, 0.2) is 0 Å². The van der Waals surface area contributed by atoms with E-state index in [4.69, 9.17) is 4.74 Å². The Balaban J connectivity index is 1.81. The minimum absolute atomic E-state index is 0.00675. The molecule has 0 aliphatic carbocycles. The van der Waals surface area contributed by atoms with Crippen LogP contribution in [0.4, 0.5) is 0 Å². The third-order valence-electron chi connectivity index (χ3n) is 3.22. The largest absolute Gasteiger partial charge is 0.375 e. The van der Waals surface area contributed by atoms with E-state index in [-0.39, 0.29) is 24.5 Å². The number of carbonyl (C=O) groups is 2. The zero-order chi connectivity index (χ0) is 12.3. The van der Waals surface area contributed by atoms with Gasteiger partial charge in [-0.05, 0) is 0 Å². The summed E-state index contributed by atoms with van der Waals surface area (Å²) in [4.78, 5) is 26.7. The average molecular weight is 241 g/mol. The summed E-state index contributed by atoms with van der Waals surface area (Å²) < 4.78 is 5.48. The summed E-state index contributed by atoms with van der Waals surface area (Å²) in [5.41, 5.74) is 0. The normalized spacial score (nSPS) is 26.2. The first-order chi connectivity index (χ1) is 8.16. The number of likely N-dealkylation sites (N-methyl/N-ethyl adjacent to an activating group) is 1. The molecule has 2 amide bonds. The molecule has 0 bridgehead atoms. The number of piperazine rings is 1. The fraction of sp³-hybridized carbons (Fsp3) is 0.818. The Morgan fingerprint density at radius 3 is 3.00 bits per heavy atom. The maximum atomic E-state index is 12.0. The molecule has 0 aromatic carbocycles. The van der Waals surface area contributed by atoms with Crippen molar-refractivity contribution in [2.45, 2.75) is 12.5 Å². The molecule has 2 aliphatic rings. The fourth-order valence-corrected chi connectivity index (χ4v) is 2.05. The summed E-state index contributed by atoms with van der Waals surface area (Å²) in [7, 11) is 1.76. The van der Waals surface area contributed by atoms with Gasteiger partial charge in [-0.1, -0.05) is 0 Å². The lowest BCUT2D eigenvalue weighted by Gasteiger charge is -2.33. The van der Waals surface area contributed by atoms with Crippen LogP contribution in [0, 0.1) is 0 Å². The van der Waals surface area contributed by atoms with Crippen molar-refractivity contribution in [3.63, 3.8) is 0 Å². The Hall–Kier alpha value is -1.14. The standard InChI is InChI=1S/C11H19N3O3/c1-13-3-4-14(8-11(13)16)10(15)6-9-7-12-2-5-17-9/h9,12H,2-8H2,1H3. The Labute approximate surface area is 101 Å². The minimum atomic E-state index is -0.0500. The fourth-order valence-electron chi connectivity index (χ4n) is 2.05. The van der Waals surface area contributed by atoms with E-state index in [2.05, 4.69) is 5.32 Å². The van der Waals surface area contributed by atoms with Gasteiger partial charge in [-0.15, -0.1) is 0 Å². The minimum Gasteiger partial charge on any atom is -0.375 e. The molecule has 96 valence electrons. The van der Waals surface area contributed by atoms with Gasteiger partial charge in [-0.25, -0.2) is 0 Å². The summed E-state index contributed by atoms with van der Waals surface area (Å²) >= 11 is 0. The molecule has 0 saturated carbocycles. The molecule has 2 heterocycles.